The molecule has 1 saturated carbocycles. The van der Waals surface area contributed by atoms with E-state index in [2.05, 4.69) is 17.6 Å². The zero-order chi connectivity index (χ0) is 18.6. The first-order valence-corrected chi connectivity index (χ1v) is 9.93. The van der Waals surface area contributed by atoms with Gasteiger partial charge in [-0.1, -0.05) is 25.8 Å². The van der Waals surface area contributed by atoms with Gasteiger partial charge in [-0.25, -0.2) is 0 Å². The molecule has 1 saturated heterocycles. The summed E-state index contributed by atoms with van der Waals surface area (Å²) in [5.41, 5.74) is 0.814. The zero-order valence-corrected chi connectivity index (χ0v) is 16.3. The molecule has 0 bridgehead atoms. The summed E-state index contributed by atoms with van der Waals surface area (Å²) < 4.78 is 11.2. The van der Waals surface area contributed by atoms with Gasteiger partial charge in [-0.2, -0.15) is 0 Å². The number of fused-ring (bicyclic) bond motifs is 1. The topological polar surface area (TPSA) is 59.6 Å². The van der Waals surface area contributed by atoms with Gasteiger partial charge in [-0.05, 0) is 56.3 Å². The Balaban J connectivity index is 1.71. The van der Waals surface area contributed by atoms with E-state index in [1.807, 2.05) is 25.1 Å². The minimum absolute atomic E-state index is 0.0609. The Labute approximate surface area is 156 Å². The SMILES string of the molecule is CCCOc1ccc(C(C)NC(=O)[C@@]23CCCC[C@H]2CNC3)cc1OC. The Bertz CT molecular complexity index is 634. The van der Waals surface area contributed by atoms with E-state index >= 15 is 0 Å². The van der Waals surface area contributed by atoms with Crippen LogP contribution in [-0.4, -0.2) is 32.7 Å². The minimum atomic E-state index is -0.221. The third-order valence-electron chi connectivity index (χ3n) is 5.99. The highest BCUT2D eigenvalue weighted by Crippen LogP contribution is 2.44. The van der Waals surface area contributed by atoms with E-state index in [-0.39, 0.29) is 17.4 Å². The summed E-state index contributed by atoms with van der Waals surface area (Å²) >= 11 is 0. The molecule has 2 fully saturated rings. The molecular formula is C21H32N2O3. The largest absolute Gasteiger partial charge is 0.493 e. The van der Waals surface area contributed by atoms with Crippen molar-refractivity contribution >= 4 is 5.91 Å². The van der Waals surface area contributed by atoms with Crippen molar-refractivity contribution in [2.75, 3.05) is 26.8 Å². The first kappa shape index (κ1) is 19.0. The Morgan fingerprint density at radius 2 is 2.23 bits per heavy atom. The number of amides is 1. The van der Waals surface area contributed by atoms with Crippen LogP contribution in [0.25, 0.3) is 0 Å². The summed E-state index contributed by atoms with van der Waals surface area (Å²) in [5.74, 6) is 2.14. The van der Waals surface area contributed by atoms with Crippen LogP contribution in [-0.2, 0) is 4.79 Å². The normalized spacial score (nSPS) is 26.0. The van der Waals surface area contributed by atoms with Crippen LogP contribution >= 0.6 is 0 Å². The van der Waals surface area contributed by atoms with Gasteiger partial charge in [0.25, 0.3) is 0 Å². The summed E-state index contributed by atoms with van der Waals surface area (Å²) in [4.78, 5) is 13.1. The van der Waals surface area contributed by atoms with Crippen LogP contribution in [0.15, 0.2) is 18.2 Å². The molecule has 5 nitrogen and oxygen atoms in total. The molecule has 1 heterocycles. The van der Waals surface area contributed by atoms with Crippen LogP contribution in [0.2, 0.25) is 0 Å². The molecule has 144 valence electrons. The van der Waals surface area contributed by atoms with Gasteiger partial charge in [-0.15, -0.1) is 0 Å². The number of hydrogen-bond acceptors (Lipinski definition) is 4. The predicted octanol–water partition coefficient (Wildman–Crippen LogP) is 3.44. The van der Waals surface area contributed by atoms with Crippen molar-refractivity contribution in [3.63, 3.8) is 0 Å². The Morgan fingerprint density at radius 3 is 3.00 bits per heavy atom. The van der Waals surface area contributed by atoms with E-state index in [9.17, 15) is 4.79 Å². The molecule has 3 rings (SSSR count). The molecule has 1 aliphatic carbocycles. The van der Waals surface area contributed by atoms with E-state index < -0.39 is 0 Å². The third-order valence-corrected chi connectivity index (χ3v) is 5.99. The summed E-state index contributed by atoms with van der Waals surface area (Å²) in [6.45, 7) is 6.56. The van der Waals surface area contributed by atoms with Gasteiger partial charge in [-0.3, -0.25) is 4.79 Å². The molecule has 0 radical (unpaired) electrons. The second kappa shape index (κ2) is 8.30. The molecular weight excluding hydrogens is 328 g/mol. The van der Waals surface area contributed by atoms with Gasteiger partial charge >= 0.3 is 0 Å². The van der Waals surface area contributed by atoms with Gasteiger partial charge < -0.3 is 20.1 Å². The number of methoxy groups -OCH3 is 1. The standard InChI is InChI=1S/C21H32N2O3/c1-4-11-26-18-9-8-16(12-19(18)25-3)15(2)23-20(24)21-10-6-5-7-17(21)13-22-14-21/h8-9,12,15,17,22H,4-7,10-11,13-14H2,1-3H3,(H,23,24)/t15?,17-,21+/m0/s1. The summed E-state index contributed by atoms with van der Waals surface area (Å²) in [5, 5.41) is 6.71. The Morgan fingerprint density at radius 1 is 1.38 bits per heavy atom. The van der Waals surface area contributed by atoms with E-state index in [0.717, 1.165) is 50.1 Å². The fourth-order valence-electron chi connectivity index (χ4n) is 4.40. The fourth-order valence-corrected chi connectivity index (χ4v) is 4.40. The van der Waals surface area contributed by atoms with Crippen molar-refractivity contribution in [3.8, 4) is 11.5 Å². The second-order valence-corrected chi connectivity index (χ2v) is 7.68. The Kier molecular flexibility index (Phi) is 6.07. The highest BCUT2D eigenvalue weighted by Gasteiger charge is 2.49. The number of ether oxygens (including phenoxy) is 2. The summed E-state index contributed by atoms with van der Waals surface area (Å²) in [7, 11) is 1.65. The maximum absolute atomic E-state index is 13.1. The van der Waals surface area contributed by atoms with Crippen molar-refractivity contribution < 1.29 is 14.3 Å². The van der Waals surface area contributed by atoms with Gasteiger partial charge in [0.1, 0.15) is 0 Å². The van der Waals surface area contributed by atoms with Crippen molar-refractivity contribution in [1.82, 2.24) is 10.6 Å². The molecule has 2 aliphatic rings. The molecule has 0 spiro atoms. The average molecular weight is 360 g/mol. The van der Waals surface area contributed by atoms with E-state index in [1.165, 1.54) is 6.42 Å². The van der Waals surface area contributed by atoms with Crippen molar-refractivity contribution in [3.05, 3.63) is 23.8 Å². The smallest absolute Gasteiger partial charge is 0.228 e. The lowest BCUT2D eigenvalue weighted by molar-refractivity contribution is -0.134. The lowest BCUT2D eigenvalue weighted by Gasteiger charge is -2.38. The molecule has 1 amide bonds. The van der Waals surface area contributed by atoms with Crippen LogP contribution in [0.4, 0.5) is 0 Å². The maximum atomic E-state index is 13.1. The van der Waals surface area contributed by atoms with Crippen LogP contribution in [0, 0.1) is 11.3 Å². The molecule has 1 aliphatic heterocycles. The average Bonchev–Trinajstić information content (AvgIpc) is 3.11. The van der Waals surface area contributed by atoms with E-state index in [1.54, 1.807) is 7.11 Å². The first-order valence-electron chi connectivity index (χ1n) is 9.93. The monoisotopic (exact) mass is 360 g/mol. The highest BCUT2D eigenvalue weighted by atomic mass is 16.5. The molecule has 1 unspecified atom stereocenters. The molecule has 26 heavy (non-hydrogen) atoms. The van der Waals surface area contributed by atoms with Crippen molar-refractivity contribution in [2.24, 2.45) is 11.3 Å². The van der Waals surface area contributed by atoms with Crippen LogP contribution in [0.5, 0.6) is 11.5 Å². The van der Waals surface area contributed by atoms with E-state index in [0.29, 0.717) is 18.3 Å². The molecule has 2 N–H and O–H groups in total. The van der Waals surface area contributed by atoms with Gasteiger partial charge in [0.15, 0.2) is 11.5 Å². The summed E-state index contributed by atoms with van der Waals surface area (Å²) in [6.07, 6.45) is 5.50. The van der Waals surface area contributed by atoms with E-state index in [4.69, 9.17) is 9.47 Å². The van der Waals surface area contributed by atoms with Gasteiger partial charge in [0.05, 0.1) is 25.2 Å². The number of benzene rings is 1. The molecule has 1 aromatic rings. The fraction of sp³-hybridized carbons (Fsp3) is 0.667. The van der Waals surface area contributed by atoms with Crippen LogP contribution in [0.1, 0.15) is 57.6 Å². The van der Waals surface area contributed by atoms with Crippen LogP contribution in [0.3, 0.4) is 0 Å². The van der Waals surface area contributed by atoms with Gasteiger partial charge in [0.2, 0.25) is 5.91 Å². The molecule has 0 aromatic heterocycles. The van der Waals surface area contributed by atoms with Gasteiger partial charge in [0, 0.05) is 6.54 Å². The number of carbonyl (C=O) groups excluding carboxylic acids is 1. The zero-order valence-electron chi connectivity index (χ0n) is 16.3. The quantitative estimate of drug-likeness (QED) is 0.782. The highest BCUT2D eigenvalue weighted by molar-refractivity contribution is 5.84. The Hall–Kier alpha value is -1.75. The number of hydrogen-bond donors (Lipinski definition) is 2. The lowest BCUT2D eigenvalue weighted by atomic mass is 9.67. The maximum Gasteiger partial charge on any atom is 0.228 e. The molecule has 3 atom stereocenters. The second-order valence-electron chi connectivity index (χ2n) is 7.68. The summed E-state index contributed by atoms with van der Waals surface area (Å²) in [6, 6.07) is 5.86. The number of rotatable bonds is 7. The first-order chi connectivity index (χ1) is 12.6. The van der Waals surface area contributed by atoms with Crippen LogP contribution < -0.4 is 20.1 Å². The minimum Gasteiger partial charge on any atom is -0.493 e. The lowest BCUT2D eigenvalue weighted by Crippen LogP contribution is -2.48. The molecule has 1 aromatic carbocycles. The van der Waals surface area contributed by atoms with Crippen molar-refractivity contribution in [1.29, 1.82) is 0 Å². The van der Waals surface area contributed by atoms with Crippen molar-refractivity contribution in [2.45, 2.75) is 52.0 Å². The molecule has 5 heteroatoms. The third kappa shape index (κ3) is 3.68. The number of nitrogens with one attached hydrogen (secondary N) is 2. The number of carbonyl (C=O) groups is 1. The predicted molar refractivity (Wildman–Crippen MR) is 103 cm³/mol.